The third kappa shape index (κ3) is 2.29. The molecule has 0 saturated heterocycles. The van der Waals surface area contributed by atoms with Gasteiger partial charge in [0.15, 0.2) is 0 Å². The normalized spacial score (nSPS) is 12.4. The second kappa shape index (κ2) is 4.99. The van der Waals surface area contributed by atoms with E-state index < -0.39 is 0 Å². The van der Waals surface area contributed by atoms with Gasteiger partial charge in [0.25, 0.3) is 0 Å². The van der Waals surface area contributed by atoms with E-state index in [0.717, 1.165) is 20.0 Å². The van der Waals surface area contributed by atoms with Crippen molar-refractivity contribution >= 4 is 27.3 Å². The van der Waals surface area contributed by atoms with Crippen LogP contribution < -0.4 is 10.5 Å². The quantitative estimate of drug-likeness (QED) is 0.940. The minimum Gasteiger partial charge on any atom is -0.496 e. The Kier molecular flexibility index (Phi) is 3.63. The molecule has 4 heteroatoms. The molecule has 2 rings (SSSR count). The highest BCUT2D eigenvalue weighted by atomic mass is 79.9. The molecule has 84 valence electrons. The minimum atomic E-state index is -0.132. The lowest BCUT2D eigenvalue weighted by Crippen LogP contribution is -2.11. The smallest absolute Gasteiger partial charge is 0.124 e. The molecular formula is C12H12BrNOS. The van der Waals surface area contributed by atoms with Gasteiger partial charge in [-0.2, -0.15) is 0 Å². The first-order valence-electron chi connectivity index (χ1n) is 4.86. The molecule has 0 amide bonds. The fraction of sp³-hybridized carbons (Fsp3) is 0.167. The summed E-state index contributed by atoms with van der Waals surface area (Å²) in [5, 5.41) is 0. The van der Waals surface area contributed by atoms with Crippen LogP contribution in [0.5, 0.6) is 5.75 Å². The molecule has 1 atom stereocenters. The number of para-hydroxylation sites is 1. The SMILES string of the molecule is COc1ccccc1C(N)c1ccc(Br)s1. The van der Waals surface area contributed by atoms with Gasteiger partial charge in [0.2, 0.25) is 0 Å². The summed E-state index contributed by atoms with van der Waals surface area (Å²) in [4.78, 5) is 1.12. The van der Waals surface area contributed by atoms with Crippen LogP contribution in [0.1, 0.15) is 16.5 Å². The van der Waals surface area contributed by atoms with Gasteiger partial charge in [0.1, 0.15) is 5.75 Å². The molecule has 0 bridgehead atoms. The molecule has 1 heterocycles. The molecule has 2 nitrogen and oxygen atoms in total. The van der Waals surface area contributed by atoms with E-state index in [9.17, 15) is 0 Å². The molecule has 0 aliphatic carbocycles. The second-order valence-electron chi connectivity index (χ2n) is 3.36. The molecule has 16 heavy (non-hydrogen) atoms. The van der Waals surface area contributed by atoms with Gasteiger partial charge in [-0.25, -0.2) is 0 Å². The van der Waals surface area contributed by atoms with Gasteiger partial charge in [-0.15, -0.1) is 11.3 Å². The second-order valence-corrected chi connectivity index (χ2v) is 5.86. The Morgan fingerprint density at radius 1 is 1.25 bits per heavy atom. The molecule has 0 spiro atoms. The number of hydrogen-bond donors (Lipinski definition) is 1. The number of thiophene rings is 1. The van der Waals surface area contributed by atoms with Crippen LogP contribution >= 0.6 is 27.3 Å². The first-order valence-corrected chi connectivity index (χ1v) is 6.47. The molecule has 0 fully saturated rings. The first kappa shape index (κ1) is 11.6. The van der Waals surface area contributed by atoms with Crippen molar-refractivity contribution in [3.63, 3.8) is 0 Å². The number of rotatable bonds is 3. The fourth-order valence-electron chi connectivity index (χ4n) is 1.57. The maximum atomic E-state index is 6.22. The van der Waals surface area contributed by atoms with Crippen LogP contribution in [0.15, 0.2) is 40.2 Å². The number of methoxy groups -OCH3 is 1. The van der Waals surface area contributed by atoms with Crippen molar-refractivity contribution in [2.45, 2.75) is 6.04 Å². The van der Waals surface area contributed by atoms with Crippen LogP contribution in [-0.2, 0) is 0 Å². The van der Waals surface area contributed by atoms with Crippen LogP contribution in [0.4, 0.5) is 0 Å². The molecule has 1 aromatic heterocycles. The van der Waals surface area contributed by atoms with Crippen LogP contribution in [0.25, 0.3) is 0 Å². The molecule has 0 saturated carbocycles. The van der Waals surface area contributed by atoms with Crippen molar-refractivity contribution in [1.82, 2.24) is 0 Å². The Hall–Kier alpha value is -0.840. The molecule has 0 aliphatic rings. The van der Waals surface area contributed by atoms with E-state index in [2.05, 4.69) is 15.9 Å². The Labute approximate surface area is 107 Å². The maximum Gasteiger partial charge on any atom is 0.124 e. The van der Waals surface area contributed by atoms with Crippen molar-refractivity contribution in [3.05, 3.63) is 50.6 Å². The summed E-state index contributed by atoms with van der Waals surface area (Å²) in [7, 11) is 1.66. The Morgan fingerprint density at radius 3 is 2.62 bits per heavy atom. The highest BCUT2D eigenvalue weighted by Gasteiger charge is 2.14. The minimum absolute atomic E-state index is 0.132. The molecular weight excluding hydrogens is 286 g/mol. The van der Waals surface area contributed by atoms with E-state index in [0.29, 0.717) is 0 Å². The van der Waals surface area contributed by atoms with E-state index in [4.69, 9.17) is 10.5 Å². The van der Waals surface area contributed by atoms with Gasteiger partial charge in [-0.3, -0.25) is 0 Å². The average Bonchev–Trinajstić information content (AvgIpc) is 2.75. The van der Waals surface area contributed by atoms with Crippen LogP contribution in [0.3, 0.4) is 0 Å². The molecule has 2 aromatic rings. The van der Waals surface area contributed by atoms with Gasteiger partial charge >= 0.3 is 0 Å². The van der Waals surface area contributed by atoms with Crippen LogP contribution in [-0.4, -0.2) is 7.11 Å². The largest absolute Gasteiger partial charge is 0.496 e. The fourth-order valence-corrected chi connectivity index (χ4v) is 3.02. The Morgan fingerprint density at radius 2 is 2.00 bits per heavy atom. The average molecular weight is 298 g/mol. The molecule has 2 N–H and O–H groups in total. The van der Waals surface area contributed by atoms with Crippen molar-refractivity contribution < 1.29 is 4.74 Å². The van der Waals surface area contributed by atoms with Crippen molar-refractivity contribution in [2.75, 3.05) is 7.11 Å². The number of nitrogens with two attached hydrogens (primary N) is 1. The van der Waals surface area contributed by atoms with Gasteiger partial charge < -0.3 is 10.5 Å². The van der Waals surface area contributed by atoms with Crippen LogP contribution in [0.2, 0.25) is 0 Å². The predicted molar refractivity (Wildman–Crippen MR) is 71.0 cm³/mol. The third-order valence-electron chi connectivity index (χ3n) is 2.37. The van der Waals surface area contributed by atoms with Crippen molar-refractivity contribution in [3.8, 4) is 5.75 Å². The van der Waals surface area contributed by atoms with Crippen molar-refractivity contribution in [2.24, 2.45) is 5.73 Å². The van der Waals surface area contributed by atoms with E-state index in [1.807, 2.05) is 36.4 Å². The summed E-state index contributed by atoms with van der Waals surface area (Å²) in [6.45, 7) is 0. The van der Waals surface area contributed by atoms with E-state index >= 15 is 0 Å². The lowest BCUT2D eigenvalue weighted by molar-refractivity contribution is 0.408. The molecule has 1 unspecified atom stereocenters. The number of hydrogen-bond acceptors (Lipinski definition) is 3. The number of halogens is 1. The predicted octanol–water partition coefficient (Wildman–Crippen LogP) is 3.57. The van der Waals surface area contributed by atoms with E-state index in [1.165, 1.54) is 0 Å². The summed E-state index contributed by atoms with van der Waals surface area (Å²) in [5.41, 5.74) is 7.23. The Balaban J connectivity index is 2.36. The van der Waals surface area contributed by atoms with Gasteiger partial charge in [-0.1, -0.05) is 18.2 Å². The standard InChI is InChI=1S/C12H12BrNOS/c1-15-9-5-3-2-4-8(9)12(14)10-6-7-11(13)16-10/h2-7,12H,14H2,1H3. The number of ether oxygens (including phenoxy) is 1. The molecule has 0 radical (unpaired) electrons. The summed E-state index contributed by atoms with van der Waals surface area (Å²) in [5.74, 6) is 0.833. The highest BCUT2D eigenvalue weighted by Crippen LogP contribution is 2.33. The number of benzene rings is 1. The van der Waals surface area contributed by atoms with Crippen molar-refractivity contribution in [1.29, 1.82) is 0 Å². The first-order chi connectivity index (χ1) is 7.72. The topological polar surface area (TPSA) is 35.2 Å². The Bertz CT molecular complexity index is 483. The maximum absolute atomic E-state index is 6.22. The summed E-state index contributed by atoms with van der Waals surface area (Å²) in [6, 6.07) is 11.8. The van der Waals surface area contributed by atoms with Gasteiger partial charge in [-0.05, 0) is 34.1 Å². The zero-order valence-electron chi connectivity index (χ0n) is 8.81. The van der Waals surface area contributed by atoms with E-state index in [1.54, 1.807) is 18.4 Å². The lowest BCUT2D eigenvalue weighted by atomic mass is 10.1. The lowest BCUT2D eigenvalue weighted by Gasteiger charge is -2.13. The molecule has 1 aromatic carbocycles. The summed E-state index contributed by atoms with van der Waals surface area (Å²) < 4.78 is 6.40. The summed E-state index contributed by atoms with van der Waals surface area (Å²) in [6.07, 6.45) is 0. The zero-order chi connectivity index (χ0) is 11.5. The van der Waals surface area contributed by atoms with E-state index in [-0.39, 0.29) is 6.04 Å². The van der Waals surface area contributed by atoms with Gasteiger partial charge in [0, 0.05) is 10.4 Å². The van der Waals surface area contributed by atoms with Gasteiger partial charge in [0.05, 0.1) is 16.9 Å². The third-order valence-corrected chi connectivity index (χ3v) is 4.08. The summed E-state index contributed by atoms with van der Waals surface area (Å²) >= 11 is 5.09. The monoisotopic (exact) mass is 297 g/mol. The molecule has 0 aliphatic heterocycles. The highest BCUT2D eigenvalue weighted by molar-refractivity contribution is 9.11. The zero-order valence-corrected chi connectivity index (χ0v) is 11.2. The van der Waals surface area contributed by atoms with Crippen LogP contribution in [0, 0.1) is 0 Å².